The lowest BCUT2D eigenvalue weighted by atomic mass is 10.2. The van der Waals surface area contributed by atoms with Crippen molar-refractivity contribution in [2.75, 3.05) is 0 Å². The first-order valence-corrected chi connectivity index (χ1v) is 4.31. The number of rotatable bonds is 3. The van der Waals surface area contributed by atoms with Gasteiger partial charge in [-0.05, 0) is 18.6 Å². The molecule has 0 unspecified atom stereocenters. The van der Waals surface area contributed by atoms with E-state index in [0.29, 0.717) is 5.84 Å². The Kier molecular flexibility index (Phi) is 3.23. The van der Waals surface area contributed by atoms with Gasteiger partial charge in [0.05, 0.1) is 17.9 Å². The van der Waals surface area contributed by atoms with Gasteiger partial charge in [0.15, 0.2) is 0 Å². The quantitative estimate of drug-likeness (QED) is 0.495. The summed E-state index contributed by atoms with van der Waals surface area (Å²) >= 11 is 0. The Bertz CT molecular complexity index is 368. The Morgan fingerprint density at radius 1 is 1.36 bits per heavy atom. The van der Waals surface area contributed by atoms with Crippen molar-refractivity contribution in [1.29, 1.82) is 5.41 Å². The van der Waals surface area contributed by atoms with Crippen molar-refractivity contribution in [3.63, 3.8) is 0 Å². The van der Waals surface area contributed by atoms with Gasteiger partial charge < -0.3 is 11.5 Å². The Morgan fingerprint density at radius 3 is 2.57 bits per heavy atom. The maximum Gasteiger partial charge on any atom is 0.107 e. The molecule has 74 valence electrons. The Morgan fingerprint density at radius 2 is 2.00 bits per heavy atom. The van der Waals surface area contributed by atoms with Gasteiger partial charge >= 0.3 is 0 Å². The number of nitrogens with one attached hydrogen (secondary N) is 1. The molecule has 4 nitrogen and oxygen atoms in total. The van der Waals surface area contributed by atoms with Gasteiger partial charge in [-0.3, -0.25) is 5.41 Å². The zero-order valence-corrected chi connectivity index (χ0v) is 8.12. The van der Waals surface area contributed by atoms with Crippen molar-refractivity contribution in [3.8, 4) is 0 Å². The van der Waals surface area contributed by atoms with Crippen LogP contribution in [-0.4, -0.2) is 11.7 Å². The molecule has 0 saturated heterocycles. The van der Waals surface area contributed by atoms with Crippen molar-refractivity contribution < 1.29 is 0 Å². The van der Waals surface area contributed by atoms with E-state index >= 15 is 0 Å². The van der Waals surface area contributed by atoms with Gasteiger partial charge in [-0.2, -0.15) is 0 Å². The summed E-state index contributed by atoms with van der Waals surface area (Å²) in [7, 11) is 0. The third kappa shape index (κ3) is 2.90. The second-order valence-electron chi connectivity index (χ2n) is 3.09. The highest BCUT2D eigenvalue weighted by molar-refractivity contribution is 6.00. The lowest BCUT2D eigenvalue weighted by molar-refractivity contribution is 1.30. The van der Waals surface area contributed by atoms with E-state index in [4.69, 9.17) is 16.9 Å². The molecule has 5 N–H and O–H groups in total. The molecule has 0 aromatic heterocycles. The Balaban J connectivity index is 2.86. The van der Waals surface area contributed by atoms with Gasteiger partial charge in [0.1, 0.15) is 5.84 Å². The molecule has 0 aliphatic heterocycles. The van der Waals surface area contributed by atoms with E-state index in [1.165, 1.54) is 0 Å². The van der Waals surface area contributed by atoms with Gasteiger partial charge in [-0.1, -0.05) is 18.2 Å². The fraction of sp³-hybridized carbons (Fsp3) is 0.200. The van der Waals surface area contributed by atoms with Gasteiger partial charge in [0, 0.05) is 0 Å². The molecule has 0 aliphatic rings. The molecule has 0 bridgehead atoms. The minimum absolute atomic E-state index is 0.0276. The minimum Gasteiger partial charge on any atom is -0.387 e. The molecule has 0 amide bonds. The van der Waals surface area contributed by atoms with Crippen LogP contribution in [0.2, 0.25) is 0 Å². The van der Waals surface area contributed by atoms with E-state index < -0.39 is 0 Å². The highest BCUT2D eigenvalue weighted by Gasteiger charge is 1.98. The van der Waals surface area contributed by atoms with Gasteiger partial charge in [-0.25, -0.2) is 4.99 Å². The standard InChI is InChI=1S/C10H14N4/c1-7-4-2-3-5-8(7)14-10(13)6-9(11)12/h2-5H,6H2,1H3,(H3,11,12)(H2,13,14). The van der Waals surface area contributed by atoms with Gasteiger partial charge in [0.25, 0.3) is 0 Å². The van der Waals surface area contributed by atoms with Crippen LogP contribution in [0.1, 0.15) is 12.0 Å². The molecule has 0 radical (unpaired) electrons. The molecule has 4 heteroatoms. The summed E-state index contributed by atoms with van der Waals surface area (Å²) in [5.41, 5.74) is 12.7. The molecular weight excluding hydrogens is 176 g/mol. The first-order chi connectivity index (χ1) is 6.59. The number of hydrogen-bond donors (Lipinski definition) is 3. The minimum atomic E-state index is 0.0276. The highest BCUT2D eigenvalue weighted by Crippen LogP contribution is 2.16. The lowest BCUT2D eigenvalue weighted by Gasteiger charge is -2.01. The zero-order valence-electron chi connectivity index (χ0n) is 8.12. The first kappa shape index (κ1) is 10.2. The van der Waals surface area contributed by atoms with E-state index in [2.05, 4.69) is 4.99 Å². The number of amidine groups is 2. The predicted molar refractivity (Wildman–Crippen MR) is 59.0 cm³/mol. The molecule has 1 rings (SSSR count). The van der Waals surface area contributed by atoms with Crippen molar-refractivity contribution in [2.24, 2.45) is 16.5 Å². The number of nitrogens with zero attached hydrogens (tertiary/aromatic N) is 1. The fourth-order valence-electron chi connectivity index (χ4n) is 1.08. The predicted octanol–water partition coefficient (Wildman–Crippen LogP) is 1.31. The third-order valence-electron chi connectivity index (χ3n) is 1.75. The summed E-state index contributed by atoms with van der Waals surface area (Å²) in [4.78, 5) is 4.17. The van der Waals surface area contributed by atoms with Crippen LogP contribution < -0.4 is 11.5 Å². The van der Waals surface area contributed by atoms with Gasteiger partial charge in [-0.15, -0.1) is 0 Å². The van der Waals surface area contributed by atoms with Crippen molar-refractivity contribution >= 4 is 17.4 Å². The molecule has 1 aromatic carbocycles. The Labute approximate surface area is 83.2 Å². The van der Waals surface area contributed by atoms with Crippen molar-refractivity contribution in [2.45, 2.75) is 13.3 Å². The van der Waals surface area contributed by atoms with E-state index in [1.54, 1.807) is 0 Å². The maximum atomic E-state index is 7.06. The van der Waals surface area contributed by atoms with Gasteiger partial charge in [0.2, 0.25) is 0 Å². The topological polar surface area (TPSA) is 88.2 Å². The van der Waals surface area contributed by atoms with Crippen LogP contribution in [0.25, 0.3) is 0 Å². The summed E-state index contributed by atoms with van der Waals surface area (Å²) in [6, 6.07) is 7.67. The number of hydrogen-bond acceptors (Lipinski definition) is 2. The molecule has 0 spiro atoms. The number of para-hydroxylation sites is 1. The third-order valence-corrected chi connectivity index (χ3v) is 1.75. The summed E-state index contributed by atoms with van der Waals surface area (Å²) in [6.45, 7) is 1.96. The Hall–Kier alpha value is -1.84. The molecule has 14 heavy (non-hydrogen) atoms. The number of nitrogens with two attached hydrogens (primary N) is 2. The number of aliphatic imine (C=N–C) groups is 1. The summed E-state index contributed by atoms with van der Waals surface area (Å²) < 4.78 is 0. The normalized spacial score (nSPS) is 11.4. The summed E-state index contributed by atoms with van der Waals surface area (Å²) in [6.07, 6.45) is 0.217. The van der Waals surface area contributed by atoms with E-state index in [1.807, 2.05) is 31.2 Å². The highest BCUT2D eigenvalue weighted by atomic mass is 14.9. The van der Waals surface area contributed by atoms with E-state index in [-0.39, 0.29) is 12.3 Å². The summed E-state index contributed by atoms with van der Waals surface area (Å²) in [5.74, 6) is 0.395. The lowest BCUT2D eigenvalue weighted by Crippen LogP contribution is -2.21. The molecule has 0 heterocycles. The first-order valence-electron chi connectivity index (χ1n) is 4.31. The van der Waals surface area contributed by atoms with Crippen molar-refractivity contribution in [1.82, 2.24) is 0 Å². The average Bonchev–Trinajstić information content (AvgIpc) is 2.07. The van der Waals surface area contributed by atoms with Crippen LogP contribution in [0.3, 0.4) is 0 Å². The van der Waals surface area contributed by atoms with Crippen LogP contribution in [0.4, 0.5) is 5.69 Å². The fourth-order valence-corrected chi connectivity index (χ4v) is 1.08. The molecule has 1 aromatic rings. The molecule has 0 atom stereocenters. The van der Waals surface area contributed by atoms with Crippen LogP contribution in [0.15, 0.2) is 29.3 Å². The van der Waals surface area contributed by atoms with E-state index in [9.17, 15) is 0 Å². The monoisotopic (exact) mass is 190 g/mol. The molecule has 0 aliphatic carbocycles. The zero-order chi connectivity index (χ0) is 10.6. The van der Waals surface area contributed by atoms with Crippen molar-refractivity contribution in [3.05, 3.63) is 29.8 Å². The average molecular weight is 190 g/mol. The largest absolute Gasteiger partial charge is 0.387 e. The van der Waals surface area contributed by atoms with Crippen LogP contribution in [0, 0.1) is 12.3 Å². The summed E-state index contributed by atoms with van der Waals surface area (Å²) in [5, 5.41) is 7.06. The van der Waals surface area contributed by atoms with Crippen LogP contribution in [-0.2, 0) is 0 Å². The number of aryl methyl sites for hydroxylation is 1. The molecule has 0 fully saturated rings. The second kappa shape index (κ2) is 4.41. The van der Waals surface area contributed by atoms with Crippen LogP contribution >= 0.6 is 0 Å². The second-order valence-corrected chi connectivity index (χ2v) is 3.09. The smallest absolute Gasteiger partial charge is 0.107 e. The SMILES string of the molecule is Cc1ccccc1N=C(N)CC(=N)N. The molecular formula is C10H14N4. The maximum absolute atomic E-state index is 7.06. The number of benzene rings is 1. The van der Waals surface area contributed by atoms with Crippen LogP contribution in [0.5, 0.6) is 0 Å². The van der Waals surface area contributed by atoms with E-state index in [0.717, 1.165) is 11.3 Å². The molecule has 0 saturated carbocycles.